The third kappa shape index (κ3) is 3.52. The third-order valence-corrected chi connectivity index (χ3v) is 6.12. The van der Waals surface area contributed by atoms with Crippen LogP contribution in [0.15, 0.2) is 36.4 Å². The topological polar surface area (TPSA) is 69.2 Å². The zero-order valence-corrected chi connectivity index (χ0v) is 19.2. The highest BCUT2D eigenvalue weighted by Crippen LogP contribution is 2.45. The summed E-state index contributed by atoms with van der Waals surface area (Å²) in [7, 11) is 0. The van der Waals surface area contributed by atoms with Crippen molar-refractivity contribution in [1.29, 1.82) is 0 Å². The second-order valence-electron chi connectivity index (χ2n) is 9.61. The first kappa shape index (κ1) is 21.2. The van der Waals surface area contributed by atoms with E-state index in [0.29, 0.717) is 23.5 Å². The Morgan fingerprint density at radius 3 is 2.42 bits per heavy atom. The Labute approximate surface area is 184 Å². The van der Waals surface area contributed by atoms with Crippen molar-refractivity contribution in [3.63, 3.8) is 0 Å². The minimum Gasteiger partial charge on any atom is -0.507 e. The lowest BCUT2D eigenvalue weighted by atomic mass is 9.85. The van der Waals surface area contributed by atoms with E-state index in [1.54, 1.807) is 0 Å². The maximum atomic E-state index is 13.3. The molecular formula is C26H31N3O2. The molecule has 31 heavy (non-hydrogen) atoms. The van der Waals surface area contributed by atoms with Crippen molar-refractivity contribution in [2.45, 2.75) is 59.4 Å². The molecule has 5 heteroatoms. The number of phenols is 1. The number of H-pyrrole nitrogens is 1. The average molecular weight is 418 g/mol. The molecule has 0 radical (unpaired) electrons. The van der Waals surface area contributed by atoms with Crippen LogP contribution in [0.3, 0.4) is 0 Å². The molecule has 1 aliphatic heterocycles. The SMILES string of the molecule is CCCN1C(=O)c2[nH]nc(-c3cc(C)cc(C)c3O)c2C1c1ccc(C(C)(C)C)cc1. The molecule has 2 N–H and O–H groups in total. The van der Waals surface area contributed by atoms with E-state index in [1.165, 1.54) is 5.56 Å². The largest absolute Gasteiger partial charge is 0.507 e. The third-order valence-electron chi connectivity index (χ3n) is 6.12. The van der Waals surface area contributed by atoms with E-state index in [4.69, 9.17) is 0 Å². The second kappa shape index (κ2) is 7.56. The molecule has 2 aromatic carbocycles. The highest BCUT2D eigenvalue weighted by atomic mass is 16.3. The summed E-state index contributed by atoms with van der Waals surface area (Å²) in [6.45, 7) is 13.2. The summed E-state index contributed by atoms with van der Waals surface area (Å²) in [5, 5.41) is 18.3. The number of phenolic OH excluding ortho intramolecular Hbond substituents is 1. The quantitative estimate of drug-likeness (QED) is 0.576. The number of aryl methyl sites for hydroxylation is 2. The summed E-state index contributed by atoms with van der Waals surface area (Å²) in [6, 6.07) is 12.2. The van der Waals surface area contributed by atoms with Crippen LogP contribution in [-0.4, -0.2) is 32.7 Å². The molecule has 5 nitrogen and oxygen atoms in total. The first-order valence-electron chi connectivity index (χ1n) is 10.9. The van der Waals surface area contributed by atoms with Gasteiger partial charge < -0.3 is 10.0 Å². The van der Waals surface area contributed by atoms with E-state index in [-0.39, 0.29) is 23.1 Å². The normalized spacial score (nSPS) is 16.1. The van der Waals surface area contributed by atoms with Crippen LogP contribution in [0.1, 0.15) is 78.5 Å². The molecule has 0 saturated heterocycles. The minimum atomic E-state index is -0.231. The lowest BCUT2D eigenvalue weighted by Crippen LogP contribution is -2.30. The number of aromatic hydroxyl groups is 1. The monoisotopic (exact) mass is 417 g/mol. The number of hydrogen-bond acceptors (Lipinski definition) is 3. The molecule has 2 heterocycles. The summed E-state index contributed by atoms with van der Waals surface area (Å²) in [6.07, 6.45) is 0.865. The Kier molecular flexibility index (Phi) is 5.16. The fraction of sp³-hybridized carbons (Fsp3) is 0.385. The summed E-state index contributed by atoms with van der Waals surface area (Å²) < 4.78 is 0. The number of carbonyl (C=O) groups is 1. The van der Waals surface area contributed by atoms with Gasteiger partial charge in [-0.15, -0.1) is 0 Å². The van der Waals surface area contributed by atoms with Gasteiger partial charge in [0.1, 0.15) is 17.1 Å². The molecule has 1 unspecified atom stereocenters. The zero-order chi connectivity index (χ0) is 22.5. The van der Waals surface area contributed by atoms with Crippen LogP contribution >= 0.6 is 0 Å². The average Bonchev–Trinajstić information content (AvgIpc) is 3.24. The highest BCUT2D eigenvalue weighted by molar-refractivity contribution is 6.00. The lowest BCUT2D eigenvalue weighted by molar-refractivity contribution is 0.0744. The number of carbonyl (C=O) groups excluding carboxylic acids is 1. The summed E-state index contributed by atoms with van der Waals surface area (Å²) in [5.74, 6) is 0.174. The summed E-state index contributed by atoms with van der Waals surface area (Å²) >= 11 is 0. The van der Waals surface area contributed by atoms with Crippen molar-refractivity contribution in [2.75, 3.05) is 6.54 Å². The Morgan fingerprint density at radius 2 is 1.81 bits per heavy atom. The van der Waals surface area contributed by atoms with Crippen molar-refractivity contribution >= 4 is 5.91 Å². The van der Waals surface area contributed by atoms with Crippen LogP contribution in [0.25, 0.3) is 11.3 Å². The van der Waals surface area contributed by atoms with Crippen LogP contribution < -0.4 is 0 Å². The molecule has 1 atom stereocenters. The van der Waals surface area contributed by atoms with E-state index in [2.05, 4.69) is 62.2 Å². The van der Waals surface area contributed by atoms with Crippen molar-refractivity contribution in [3.8, 4) is 17.0 Å². The van der Waals surface area contributed by atoms with Gasteiger partial charge in [0.2, 0.25) is 0 Å². The lowest BCUT2D eigenvalue weighted by Gasteiger charge is -2.27. The summed E-state index contributed by atoms with van der Waals surface area (Å²) in [4.78, 5) is 15.2. The highest BCUT2D eigenvalue weighted by Gasteiger charge is 2.42. The van der Waals surface area contributed by atoms with Crippen molar-refractivity contribution in [3.05, 3.63) is 69.9 Å². The number of nitrogens with one attached hydrogen (secondary N) is 1. The molecule has 0 fully saturated rings. The number of amides is 1. The van der Waals surface area contributed by atoms with Crippen molar-refractivity contribution < 1.29 is 9.90 Å². The molecule has 0 bridgehead atoms. The smallest absolute Gasteiger partial charge is 0.273 e. The van der Waals surface area contributed by atoms with Gasteiger partial charge in [-0.05, 0) is 54.0 Å². The number of rotatable bonds is 4. The van der Waals surface area contributed by atoms with Crippen LogP contribution in [-0.2, 0) is 5.41 Å². The maximum absolute atomic E-state index is 13.3. The fourth-order valence-electron chi connectivity index (χ4n) is 4.53. The van der Waals surface area contributed by atoms with Gasteiger partial charge >= 0.3 is 0 Å². The number of benzene rings is 2. The van der Waals surface area contributed by atoms with Gasteiger partial charge in [0, 0.05) is 17.7 Å². The molecule has 0 aliphatic carbocycles. The molecule has 162 valence electrons. The molecular weight excluding hydrogens is 386 g/mol. The molecule has 0 saturated carbocycles. The van der Waals surface area contributed by atoms with Crippen LogP contribution in [0, 0.1) is 13.8 Å². The predicted molar refractivity (Wildman–Crippen MR) is 123 cm³/mol. The number of hydrogen-bond donors (Lipinski definition) is 2. The number of aromatic nitrogens is 2. The second-order valence-corrected chi connectivity index (χ2v) is 9.61. The fourth-order valence-corrected chi connectivity index (χ4v) is 4.53. The van der Waals surface area contributed by atoms with Gasteiger partial charge in [-0.25, -0.2) is 0 Å². The maximum Gasteiger partial charge on any atom is 0.273 e. The van der Waals surface area contributed by atoms with E-state index < -0.39 is 0 Å². The standard InChI is InChI=1S/C26H31N3O2/c1-7-12-29-23(17-8-10-18(11-9-17)26(4,5)6)20-21(27-28-22(20)25(29)31)19-14-15(2)13-16(3)24(19)30/h8-11,13-14,23,30H,7,12H2,1-6H3,(H,27,28). The molecule has 1 aromatic heterocycles. The first-order chi connectivity index (χ1) is 14.6. The van der Waals surface area contributed by atoms with E-state index in [1.807, 2.05) is 30.9 Å². The van der Waals surface area contributed by atoms with Crippen LogP contribution in [0.2, 0.25) is 0 Å². The molecule has 4 rings (SSSR count). The van der Waals surface area contributed by atoms with Crippen molar-refractivity contribution in [1.82, 2.24) is 15.1 Å². The van der Waals surface area contributed by atoms with Gasteiger partial charge in [-0.3, -0.25) is 9.89 Å². The number of fused-ring (bicyclic) bond motifs is 1. The van der Waals surface area contributed by atoms with Crippen LogP contribution in [0.4, 0.5) is 0 Å². The van der Waals surface area contributed by atoms with Crippen LogP contribution in [0.5, 0.6) is 5.75 Å². The van der Waals surface area contributed by atoms with Crippen molar-refractivity contribution in [2.24, 2.45) is 0 Å². The van der Waals surface area contributed by atoms with Gasteiger partial charge in [-0.2, -0.15) is 5.10 Å². The minimum absolute atomic E-state index is 0.0376. The van der Waals surface area contributed by atoms with Gasteiger partial charge in [0.15, 0.2) is 0 Å². The van der Waals surface area contributed by atoms with E-state index >= 15 is 0 Å². The first-order valence-corrected chi connectivity index (χ1v) is 10.9. The Bertz CT molecular complexity index is 1140. The predicted octanol–water partition coefficient (Wildman–Crippen LogP) is 5.65. The zero-order valence-electron chi connectivity index (χ0n) is 19.2. The number of nitrogens with zero attached hydrogens (tertiary/aromatic N) is 2. The van der Waals surface area contributed by atoms with Gasteiger partial charge in [0.05, 0.1) is 6.04 Å². The summed E-state index contributed by atoms with van der Waals surface area (Å²) in [5.41, 5.74) is 6.89. The van der Waals surface area contributed by atoms with E-state index in [0.717, 1.165) is 28.7 Å². The molecule has 1 amide bonds. The van der Waals surface area contributed by atoms with E-state index in [9.17, 15) is 9.90 Å². The van der Waals surface area contributed by atoms with Gasteiger partial charge in [0.25, 0.3) is 5.91 Å². The Morgan fingerprint density at radius 1 is 1.13 bits per heavy atom. The Hall–Kier alpha value is -3.08. The van der Waals surface area contributed by atoms with Gasteiger partial charge in [-0.1, -0.05) is 58.0 Å². The molecule has 3 aromatic rings. The number of aromatic amines is 1. The Balaban J connectivity index is 1.89. The molecule has 0 spiro atoms. The molecule has 1 aliphatic rings.